The molecule has 0 aliphatic rings. The highest BCUT2D eigenvalue weighted by Gasteiger charge is 2.01. The first-order chi connectivity index (χ1) is 5.75. The van der Waals surface area contributed by atoms with Gasteiger partial charge in [0.15, 0.2) is 0 Å². The first kappa shape index (κ1) is 8.78. The molecular weight excluding hydrogens is 148 g/mol. The molecule has 1 rings (SSSR count). The summed E-state index contributed by atoms with van der Waals surface area (Å²) >= 11 is 0. The molecule has 2 nitrogen and oxygen atoms in total. The van der Waals surface area contributed by atoms with E-state index in [9.17, 15) is 0 Å². The van der Waals surface area contributed by atoms with Crippen LogP contribution in [-0.2, 0) is 0 Å². The quantitative estimate of drug-likeness (QED) is 0.452. The number of benzene rings is 1. The lowest BCUT2D eigenvalue weighted by Crippen LogP contribution is -2.22. The van der Waals surface area contributed by atoms with Crippen LogP contribution in [0.15, 0.2) is 35.3 Å². The summed E-state index contributed by atoms with van der Waals surface area (Å²) in [5.41, 5.74) is 1.16. The fraction of sp³-hybridized carbons (Fsp3) is 0.300. The molecule has 0 aliphatic carbocycles. The van der Waals surface area contributed by atoms with Crippen LogP contribution in [0.3, 0.4) is 0 Å². The van der Waals surface area contributed by atoms with Crippen molar-refractivity contribution in [2.75, 3.05) is 21.1 Å². The molecule has 1 aromatic rings. The molecule has 64 valence electrons. The summed E-state index contributed by atoms with van der Waals surface area (Å²) in [5.74, 6) is 1.01. The fourth-order valence-corrected chi connectivity index (χ4v) is 1.17. The summed E-state index contributed by atoms with van der Waals surface area (Å²) < 4.78 is 0. The molecule has 0 unspecified atom stereocenters. The van der Waals surface area contributed by atoms with Gasteiger partial charge in [-0.1, -0.05) is 30.3 Å². The van der Waals surface area contributed by atoms with Crippen molar-refractivity contribution >= 4 is 5.84 Å². The van der Waals surface area contributed by atoms with Gasteiger partial charge in [0.1, 0.15) is 5.84 Å². The molecule has 0 aromatic heterocycles. The highest BCUT2D eigenvalue weighted by atomic mass is 15.1. The van der Waals surface area contributed by atoms with Gasteiger partial charge in [0.2, 0.25) is 0 Å². The summed E-state index contributed by atoms with van der Waals surface area (Å²) in [6.07, 6.45) is 0. The van der Waals surface area contributed by atoms with E-state index in [4.69, 9.17) is 0 Å². The topological polar surface area (TPSA) is 15.6 Å². The molecule has 0 fully saturated rings. The van der Waals surface area contributed by atoms with E-state index in [-0.39, 0.29) is 0 Å². The molecule has 1 aromatic carbocycles. The Hall–Kier alpha value is -1.31. The SMILES string of the molecule is C/N=C(\c1ccccc1)N(C)C. The van der Waals surface area contributed by atoms with Crippen molar-refractivity contribution in [1.82, 2.24) is 4.90 Å². The van der Waals surface area contributed by atoms with Crippen LogP contribution >= 0.6 is 0 Å². The third kappa shape index (κ3) is 1.84. The molecular formula is C10H14N2. The number of amidine groups is 1. The summed E-state index contributed by atoms with van der Waals surface area (Å²) in [7, 11) is 5.80. The average Bonchev–Trinajstić information content (AvgIpc) is 2.07. The molecule has 0 amide bonds. The molecule has 0 atom stereocenters. The van der Waals surface area contributed by atoms with Gasteiger partial charge >= 0.3 is 0 Å². The Bertz CT molecular complexity index is 262. The second kappa shape index (κ2) is 3.90. The van der Waals surface area contributed by atoms with Crippen molar-refractivity contribution in [3.05, 3.63) is 35.9 Å². The van der Waals surface area contributed by atoms with Gasteiger partial charge in [-0.2, -0.15) is 0 Å². The van der Waals surface area contributed by atoms with Gasteiger partial charge in [0.05, 0.1) is 0 Å². The third-order valence-corrected chi connectivity index (χ3v) is 1.67. The first-order valence-electron chi connectivity index (χ1n) is 3.95. The minimum atomic E-state index is 1.01. The van der Waals surface area contributed by atoms with E-state index in [1.165, 1.54) is 0 Å². The molecule has 0 spiro atoms. The number of rotatable bonds is 1. The number of aliphatic imine (C=N–C) groups is 1. The van der Waals surface area contributed by atoms with Crippen LogP contribution in [0, 0.1) is 0 Å². The lowest BCUT2D eigenvalue weighted by Gasteiger charge is -2.14. The third-order valence-electron chi connectivity index (χ3n) is 1.67. The van der Waals surface area contributed by atoms with Crippen molar-refractivity contribution in [2.45, 2.75) is 0 Å². The summed E-state index contributed by atoms with van der Waals surface area (Å²) in [6.45, 7) is 0. The minimum absolute atomic E-state index is 1.01. The van der Waals surface area contributed by atoms with E-state index in [0.717, 1.165) is 11.4 Å². The van der Waals surface area contributed by atoms with Crippen LogP contribution in [0.25, 0.3) is 0 Å². The average molecular weight is 162 g/mol. The van der Waals surface area contributed by atoms with Crippen molar-refractivity contribution in [1.29, 1.82) is 0 Å². The molecule has 0 heterocycles. The number of nitrogens with zero attached hydrogens (tertiary/aromatic N) is 2. The van der Waals surface area contributed by atoms with Gasteiger partial charge in [-0.05, 0) is 0 Å². The monoisotopic (exact) mass is 162 g/mol. The zero-order valence-electron chi connectivity index (χ0n) is 7.78. The number of hydrogen-bond acceptors (Lipinski definition) is 1. The van der Waals surface area contributed by atoms with Gasteiger partial charge in [-0.15, -0.1) is 0 Å². The molecule has 0 N–H and O–H groups in total. The van der Waals surface area contributed by atoms with Crippen LogP contribution in [-0.4, -0.2) is 31.9 Å². The van der Waals surface area contributed by atoms with E-state index in [1.807, 2.05) is 44.2 Å². The van der Waals surface area contributed by atoms with Crippen molar-refractivity contribution in [3.63, 3.8) is 0 Å². The smallest absolute Gasteiger partial charge is 0.130 e. The second-order valence-corrected chi connectivity index (χ2v) is 2.81. The Kier molecular flexibility index (Phi) is 2.86. The van der Waals surface area contributed by atoms with Gasteiger partial charge in [-0.25, -0.2) is 0 Å². The standard InChI is InChI=1S/C10H14N2/c1-11-10(12(2)3)9-7-5-4-6-8-9/h4-8H,1-3H3/b11-10+. The van der Waals surface area contributed by atoms with Crippen LogP contribution in [0.1, 0.15) is 5.56 Å². The van der Waals surface area contributed by atoms with E-state index >= 15 is 0 Å². The lowest BCUT2D eigenvalue weighted by molar-refractivity contribution is 0.622. The Balaban J connectivity index is 2.97. The minimum Gasteiger partial charge on any atom is -0.363 e. The second-order valence-electron chi connectivity index (χ2n) is 2.81. The zero-order valence-corrected chi connectivity index (χ0v) is 7.78. The van der Waals surface area contributed by atoms with E-state index < -0.39 is 0 Å². The van der Waals surface area contributed by atoms with Crippen LogP contribution in [0.5, 0.6) is 0 Å². The summed E-state index contributed by atoms with van der Waals surface area (Å²) in [6, 6.07) is 10.2. The normalized spacial score (nSPS) is 11.4. The summed E-state index contributed by atoms with van der Waals surface area (Å²) in [5, 5.41) is 0. The largest absolute Gasteiger partial charge is 0.363 e. The Morgan fingerprint density at radius 1 is 1.17 bits per heavy atom. The maximum absolute atomic E-state index is 4.20. The van der Waals surface area contributed by atoms with E-state index in [2.05, 4.69) is 17.1 Å². The predicted molar refractivity (Wildman–Crippen MR) is 52.6 cm³/mol. The molecule has 0 radical (unpaired) electrons. The van der Waals surface area contributed by atoms with Gasteiger partial charge in [-0.3, -0.25) is 4.99 Å². The molecule has 0 saturated heterocycles. The van der Waals surface area contributed by atoms with Crippen LogP contribution in [0.4, 0.5) is 0 Å². The molecule has 12 heavy (non-hydrogen) atoms. The fourth-order valence-electron chi connectivity index (χ4n) is 1.17. The van der Waals surface area contributed by atoms with Crippen LogP contribution < -0.4 is 0 Å². The molecule has 0 saturated carbocycles. The Morgan fingerprint density at radius 2 is 1.75 bits per heavy atom. The summed E-state index contributed by atoms with van der Waals surface area (Å²) in [4.78, 5) is 6.21. The highest BCUT2D eigenvalue weighted by Crippen LogP contribution is 2.02. The Labute approximate surface area is 73.5 Å². The van der Waals surface area contributed by atoms with Crippen molar-refractivity contribution in [2.24, 2.45) is 4.99 Å². The van der Waals surface area contributed by atoms with Gasteiger partial charge in [0.25, 0.3) is 0 Å². The highest BCUT2D eigenvalue weighted by molar-refractivity contribution is 5.98. The lowest BCUT2D eigenvalue weighted by atomic mass is 10.2. The number of hydrogen-bond donors (Lipinski definition) is 0. The molecule has 0 bridgehead atoms. The maximum Gasteiger partial charge on any atom is 0.130 e. The molecule has 0 aliphatic heterocycles. The van der Waals surface area contributed by atoms with Gasteiger partial charge < -0.3 is 4.90 Å². The van der Waals surface area contributed by atoms with Crippen molar-refractivity contribution < 1.29 is 0 Å². The Morgan fingerprint density at radius 3 is 2.17 bits per heavy atom. The van der Waals surface area contributed by atoms with Crippen molar-refractivity contribution in [3.8, 4) is 0 Å². The van der Waals surface area contributed by atoms with E-state index in [1.54, 1.807) is 0 Å². The van der Waals surface area contributed by atoms with E-state index in [0.29, 0.717) is 0 Å². The maximum atomic E-state index is 4.20. The van der Waals surface area contributed by atoms with Crippen LogP contribution in [0.2, 0.25) is 0 Å². The molecule has 2 heteroatoms. The zero-order chi connectivity index (χ0) is 8.97. The predicted octanol–water partition coefficient (Wildman–Crippen LogP) is 1.62. The first-order valence-corrected chi connectivity index (χ1v) is 3.95. The van der Waals surface area contributed by atoms with Gasteiger partial charge in [0, 0.05) is 26.7 Å².